The maximum atomic E-state index is 12.5. The minimum absolute atomic E-state index is 0.00963. The molecule has 0 saturated carbocycles. The molecule has 0 heterocycles. The first-order chi connectivity index (χ1) is 16.9. The summed E-state index contributed by atoms with van der Waals surface area (Å²) in [6, 6.07) is 23.8. The highest BCUT2D eigenvalue weighted by Crippen LogP contribution is 2.20. The Morgan fingerprint density at radius 2 is 1.23 bits per heavy atom. The molecule has 1 N–H and O–H groups in total. The van der Waals surface area contributed by atoms with Crippen LogP contribution in [0.5, 0.6) is 11.5 Å². The summed E-state index contributed by atoms with van der Waals surface area (Å²) in [6.07, 6.45) is 1.03. The Morgan fingerprint density at radius 1 is 0.743 bits per heavy atom. The van der Waals surface area contributed by atoms with E-state index >= 15 is 0 Å². The Bertz CT molecular complexity index is 1080. The Kier molecular flexibility index (Phi) is 9.44. The number of carbonyl (C=O) groups excluding carboxylic acids is 1. The highest BCUT2D eigenvalue weighted by molar-refractivity contribution is 6.08. The van der Waals surface area contributed by atoms with Gasteiger partial charge in [-0.3, -0.25) is 4.79 Å². The molecule has 0 amide bonds. The Labute approximate surface area is 206 Å². The molecule has 0 aliphatic carbocycles. The number of ether oxygens (including phenoxy) is 3. The van der Waals surface area contributed by atoms with Crippen molar-refractivity contribution in [3.8, 4) is 11.5 Å². The van der Waals surface area contributed by atoms with E-state index in [9.17, 15) is 9.59 Å². The van der Waals surface area contributed by atoms with E-state index in [1.807, 2.05) is 80.6 Å². The fourth-order valence-electron chi connectivity index (χ4n) is 3.68. The number of hydrogen-bond acceptors (Lipinski definition) is 5. The van der Waals surface area contributed by atoms with Crippen molar-refractivity contribution < 1.29 is 28.9 Å². The Morgan fingerprint density at radius 3 is 1.71 bits per heavy atom. The largest absolute Gasteiger partial charge is 0.491 e. The Balaban J connectivity index is 1.43. The molecule has 0 spiro atoms. The van der Waals surface area contributed by atoms with Gasteiger partial charge in [0.05, 0.1) is 12.2 Å². The van der Waals surface area contributed by atoms with Gasteiger partial charge in [-0.05, 0) is 68.7 Å². The van der Waals surface area contributed by atoms with Gasteiger partial charge < -0.3 is 19.3 Å². The highest BCUT2D eigenvalue weighted by Gasteiger charge is 2.17. The molecule has 0 radical (unpaired) electrons. The van der Waals surface area contributed by atoms with E-state index in [2.05, 4.69) is 0 Å². The molecule has 0 aliphatic heterocycles. The topological polar surface area (TPSA) is 82.1 Å². The second-order valence-corrected chi connectivity index (χ2v) is 8.56. The second-order valence-electron chi connectivity index (χ2n) is 8.56. The van der Waals surface area contributed by atoms with Gasteiger partial charge in [0.15, 0.2) is 11.9 Å². The SMILES string of the molecule is CO[C@@H](Cc1ccc(O[C@@H](C)CC[C@H](C)Oc2ccc(C(=O)c3ccccc3)cc2)cc1)C(=O)O. The molecule has 0 aliphatic rings. The number of rotatable bonds is 13. The molecule has 3 atom stereocenters. The average molecular weight is 477 g/mol. The van der Waals surface area contributed by atoms with Gasteiger partial charge >= 0.3 is 5.97 Å². The van der Waals surface area contributed by atoms with E-state index in [0.717, 1.165) is 29.9 Å². The quantitative estimate of drug-likeness (QED) is 0.325. The van der Waals surface area contributed by atoms with Crippen LogP contribution in [0.3, 0.4) is 0 Å². The smallest absolute Gasteiger partial charge is 0.333 e. The first-order valence-corrected chi connectivity index (χ1v) is 11.7. The molecule has 6 nitrogen and oxygen atoms in total. The fourth-order valence-corrected chi connectivity index (χ4v) is 3.68. The van der Waals surface area contributed by atoms with Gasteiger partial charge in [-0.25, -0.2) is 4.79 Å². The number of carbonyl (C=O) groups is 2. The van der Waals surface area contributed by atoms with Gasteiger partial charge in [-0.15, -0.1) is 0 Å². The summed E-state index contributed by atoms with van der Waals surface area (Å²) in [6.45, 7) is 4.02. The summed E-state index contributed by atoms with van der Waals surface area (Å²) in [4.78, 5) is 23.6. The Hall–Kier alpha value is -3.64. The summed E-state index contributed by atoms with van der Waals surface area (Å²) >= 11 is 0. The van der Waals surface area contributed by atoms with Gasteiger partial charge in [0.1, 0.15) is 11.5 Å². The van der Waals surface area contributed by atoms with E-state index in [4.69, 9.17) is 19.3 Å². The molecule has 3 rings (SSSR count). The number of ketones is 1. The van der Waals surface area contributed by atoms with Crippen molar-refractivity contribution in [3.05, 3.63) is 95.6 Å². The van der Waals surface area contributed by atoms with Crippen molar-refractivity contribution in [2.45, 2.75) is 51.4 Å². The third kappa shape index (κ3) is 7.97. The summed E-state index contributed by atoms with van der Waals surface area (Å²) in [5.74, 6) is 0.471. The van der Waals surface area contributed by atoms with Crippen LogP contribution in [0.15, 0.2) is 78.9 Å². The lowest BCUT2D eigenvalue weighted by atomic mass is 10.0. The average Bonchev–Trinajstić information content (AvgIpc) is 2.87. The molecule has 0 aromatic heterocycles. The van der Waals surface area contributed by atoms with Crippen LogP contribution in [-0.2, 0) is 16.0 Å². The maximum Gasteiger partial charge on any atom is 0.333 e. The van der Waals surface area contributed by atoms with Crippen molar-refractivity contribution in [2.75, 3.05) is 7.11 Å². The van der Waals surface area contributed by atoms with Gasteiger partial charge in [0.25, 0.3) is 0 Å². The first-order valence-electron chi connectivity index (χ1n) is 11.7. The van der Waals surface area contributed by atoms with Crippen molar-refractivity contribution in [2.24, 2.45) is 0 Å². The van der Waals surface area contributed by atoms with Crippen LogP contribution >= 0.6 is 0 Å². The summed E-state index contributed by atoms with van der Waals surface area (Å²) in [5, 5.41) is 9.11. The number of aliphatic carboxylic acids is 1. The van der Waals surface area contributed by atoms with Gasteiger partial charge in [-0.2, -0.15) is 0 Å². The lowest BCUT2D eigenvalue weighted by Gasteiger charge is -2.19. The predicted molar refractivity (Wildman–Crippen MR) is 134 cm³/mol. The van der Waals surface area contributed by atoms with E-state index in [0.29, 0.717) is 17.5 Å². The van der Waals surface area contributed by atoms with Crippen LogP contribution in [0.25, 0.3) is 0 Å². The van der Waals surface area contributed by atoms with Crippen LogP contribution in [0.2, 0.25) is 0 Å². The van der Waals surface area contributed by atoms with E-state index < -0.39 is 12.1 Å². The molecule has 0 saturated heterocycles. The molecular formula is C29H32O6. The zero-order valence-corrected chi connectivity index (χ0v) is 20.3. The monoisotopic (exact) mass is 476 g/mol. The normalized spacial score (nSPS) is 13.5. The summed E-state index contributed by atoms with van der Waals surface area (Å²) in [5.41, 5.74) is 2.17. The van der Waals surface area contributed by atoms with Crippen molar-refractivity contribution in [3.63, 3.8) is 0 Å². The van der Waals surface area contributed by atoms with Crippen LogP contribution in [0.4, 0.5) is 0 Å². The predicted octanol–water partition coefficient (Wildman–Crippen LogP) is 5.57. The van der Waals surface area contributed by atoms with Gasteiger partial charge in [-0.1, -0.05) is 42.5 Å². The number of methoxy groups -OCH3 is 1. The molecule has 0 fully saturated rings. The fraction of sp³-hybridized carbons (Fsp3) is 0.310. The first kappa shape index (κ1) is 26.0. The molecule has 0 unspecified atom stereocenters. The molecule has 6 heteroatoms. The van der Waals surface area contributed by atoms with Crippen molar-refractivity contribution in [1.29, 1.82) is 0 Å². The van der Waals surface area contributed by atoms with Gasteiger partial charge in [0, 0.05) is 24.7 Å². The van der Waals surface area contributed by atoms with Crippen LogP contribution < -0.4 is 9.47 Å². The van der Waals surface area contributed by atoms with E-state index in [-0.39, 0.29) is 18.0 Å². The summed E-state index contributed by atoms with van der Waals surface area (Å²) < 4.78 is 17.0. The lowest BCUT2D eigenvalue weighted by Crippen LogP contribution is -2.24. The third-order valence-electron chi connectivity index (χ3n) is 5.71. The molecule has 184 valence electrons. The van der Waals surface area contributed by atoms with E-state index in [1.165, 1.54) is 7.11 Å². The number of carboxylic acids is 1. The minimum atomic E-state index is -0.977. The van der Waals surface area contributed by atoms with Crippen LogP contribution in [0.1, 0.15) is 48.2 Å². The number of hydrogen-bond donors (Lipinski definition) is 1. The van der Waals surface area contributed by atoms with Gasteiger partial charge in [0.2, 0.25) is 0 Å². The lowest BCUT2D eigenvalue weighted by molar-refractivity contribution is -0.148. The van der Waals surface area contributed by atoms with Crippen molar-refractivity contribution in [1.82, 2.24) is 0 Å². The second kappa shape index (κ2) is 12.7. The molecule has 3 aromatic rings. The molecular weight excluding hydrogens is 444 g/mol. The van der Waals surface area contributed by atoms with E-state index in [1.54, 1.807) is 12.1 Å². The number of benzene rings is 3. The zero-order chi connectivity index (χ0) is 25.2. The van der Waals surface area contributed by atoms with Crippen molar-refractivity contribution >= 4 is 11.8 Å². The molecule has 35 heavy (non-hydrogen) atoms. The van der Waals surface area contributed by atoms with Crippen LogP contribution in [0, 0.1) is 0 Å². The maximum absolute atomic E-state index is 12.5. The molecule has 0 bridgehead atoms. The van der Waals surface area contributed by atoms with Crippen LogP contribution in [-0.4, -0.2) is 42.3 Å². The number of carboxylic acid groups (broad SMARTS) is 1. The highest BCUT2D eigenvalue weighted by atomic mass is 16.5. The minimum Gasteiger partial charge on any atom is -0.491 e. The summed E-state index contributed by atoms with van der Waals surface area (Å²) in [7, 11) is 1.39. The zero-order valence-electron chi connectivity index (χ0n) is 20.3. The standard InChI is InChI=1S/C29H32O6/c1-20(34-25-15-11-22(12-16-25)19-27(33-3)29(31)32)9-10-21(2)35-26-17-13-24(14-18-26)28(30)23-7-5-4-6-8-23/h4-8,11-18,20-21,27H,9-10,19H2,1-3H3,(H,31,32)/t20-,21-,27-/m0/s1. The molecule has 3 aromatic carbocycles. The third-order valence-corrected chi connectivity index (χ3v) is 5.71.